The van der Waals surface area contributed by atoms with Crippen molar-refractivity contribution in [2.45, 2.75) is 33.2 Å². The lowest BCUT2D eigenvalue weighted by Gasteiger charge is -2.23. The van der Waals surface area contributed by atoms with Crippen LogP contribution in [-0.2, 0) is 9.59 Å². The molecule has 0 spiro atoms. The van der Waals surface area contributed by atoms with E-state index in [-0.39, 0.29) is 24.4 Å². The van der Waals surface area contributed by atoms with Gasteiger partial charge in [-0.25, -0.2) is 4.98 Å². The third-order valence-corrected chi connectivity index (χ3v) is 3.14. The fourth-order valence-electron chi connectivity index (χ4n) is 1.75. The van der Waals surface area contributed by atoms with Gasteiger partial charge in [-0.2, -0.15) is 0 Å². The maximum atomic E-state index is 12.0. The first-order valence-electron chi connectivity index (χ1n) is 7.15. The second kappa shape index (κ2) is 8.36. The highest BCUT2D eigenvalue weighted by Crippen LogP contribution is 2.04. The number of pyridine rings is 1. The van der Waals surface area contributed by atoms with Crippen LogP contribution in [0.15, 0.2) is 18.2 Å². The van der Waals surface area contributed by atoms with Crippen LogP contribution in [0, 0.1) is 6.92 Å². The molecular formula is C15H24N4O2. The van der Waals surface area contributed by atoms with Gasteiger partial charge in [0.15, 0.2) is 0 Å². The van der Waals surface area contributed by atoms with Gasteiger partial charge in [-0.3, -0.25) is 14.5 Å². The molecule has 0 unspecified atom stereocenters. The van der Waals surface area contributed by atoms with Gasteiger partial charge in [0.25, 0.3) is 0 Å². The topological polar surface area (TPSA) is 74.3 Å². The van der Waals surface area contributed by atoms with Crippen LogP contribution in [0.2, 0.25) is 0 Å². The monoisotopic (exact) mass is 292 g/mol. The number of aryl methyl sites for hydroxylation is 1. The summed E-state index contributed by atoms with van der Waals surface area (Å²) in [6.07, 6.45) is 0.891. The number of anilines is 1. The van der Waals surface area contributed by atoms with Gasteiger partial charge >= 0.3 is 0 Å². The van der Waals surface area contributed by atoms with E-state index >= 15 is 0 Å². The molecule has 0 aliphatic heterocycles. The Balaban J connectivity index is 2.48. The van der Waals surface area contributed by atoms with Crippen LogP contribution in [0.3, 0.4) is 0 Å². The largest absolute Gasteiger partial charge is 0.355 e. The molecule has 1 rings (SSSR count). The van der Waals surface area contributed by atoms with Crippen molar-refractivity contribution in [3.8, 4) is 0 Å². The predicted octanol–water partition coefficient (Wildman–Crippen LogP) is 1.18. The van der Waals surface area contributed by atoms with Crippen molar-refractivity contribution in [1.82, 2.24) is 15.2 Å². The quantitative estimate of drug-likeness (QED) is 0.791. The third kappa shape index (κ3) is 5.91. The fourth-order valence-corrected chi connectivity index (χ4v) is 1.75. The predicted molar refractivity (Wildman–Crippen MR) is 83.0 cm³/mol. The number of hydrogen-bond acceptors (Lipinski definition) is 4. The number of carbonyl (C=O) groups excluding carboxylic acids is 2. The SMILES string of the molecule is CCCNC(=O)[C@@H](C)N(C)CC(=O)Nc1cccc(C)n1. The molecule has 6 heteroatoms. The standard InChI is InChI=1S/C15H24N4O2/c1-5-9-16-15(21)12(3)19(4)10-14(20)18-13-8-6-7-11(2)17-13/h6-8,12H,5,9-10H2,1-4H3,(H,16,21)(H,17,18,20)/t12-/m1/s1. The minimum absolute atomic E-state index is 0.0687. The molecule has 0 aromatic carbocycles. The number of hydrogen-bond donors (Lipinski definition) is 2. The molecule has 1 atom stereocenters. The zero-order valence-electron chi connectivity index (χ0n) is 13.1. The molecule has 1 aromatic rings. The zero-order chi connectivity index (χ0) is 15.8. The summed E-state index contributed by atoms with van der Waals surface area (Å²) < 4.78 is 0. The van der Waals surface area contributed by atoms with Gasteiger partial charge in [0.1, 0.15) is 5.82 Å². The summed E-state index contributed by atoms with van der Waals surface area (Å²) in [7, 11) is 1.75. The van der Waals surface area contributed by atoms with Gasteiger partial charge in [-0.05, 0) is 39.4 Å². The van der Waals surface area contributed by atoms with Gasteiger partial charge in [-0.15, -0.1) is 0 Å². The van der Waals surface area contributed by atoms with Crippen LogP contribution in [0.1, 0.15) is 26.0 Å². The van der Waals surface area contributed by atoms with Crippen LogP contribution in [0.25, 0.3) is 0 Å². The molecule has 116 valence electrons. The summed E-state index contributed by atoms with van der Waals surface area (Å²) in [4.78, 5) is 29.7. The van der Waals surface area contributed by atoms with Crippen LogP contribution in [0.5, 0.6) is 0 Å². The summed E-state index contributed by atoms with van der Waals surface area (Å²) in [5.74, 6) is 0.267. The van der Waals surface area contributed by atoms with Gasteiger partial charge in [0, 0.05) is 12.2 Å². The number of carbonyl (C=O) groups is 2. The van der Waals surface area contributed by atoms with Crippen molar-refractivity contribution < 1.29 is 9.59 Å². The molecule has 0 aliphatic carbocycles. The molecule has 0 fully saturated rings. The first-order chi connectivity index (χ1) is 9.93. The Morgan fingerprint density at radius 3 is 2.71 bits per heavy atom. The molecule has 0 bridgehead atoms. The molecule has 2 amide bonds. The molecule has 0 aliphatic rings. The van der Waals surface area contributed by atoms with E-state index in [1.165, 1.54) is 0 Å². The summed E-state index contributed by atoms with van der Waals surface area (Å²) in [6.45, 7) is 6.43. The number of aromatic nitrogens is 1. The zero-order valence-corrected chi connectivity index (χ0v) is 13.1. The highest BCUT2D eigenvalue weighted by molar-refractivity contribution is 5.92. The van der Waals surface area contributed by atoms with E-state index in [1.54, 1.807) is 24.9 Å². The highest BCUT2D eigenvalue weighted by Gasteiger charge is 2.19. The van der Waals surface area contributed by atoms with Gasteiger partial charge in [0.2, 0.25) is 11.8 Å². The fraction of sp³-hybridized carbons (Fsp3) is 0.533. The first-order valence-corrected chi connectivity index (χ1v) is 7.15. The van der Waals surface area contributed by atoms with Crippen LogP contribution >= 0.6 is 0 Å². The van der Waals surface area contributed by atoms with E-state index in [2.05, 4.69) is 15.6 Å². The molecule has 0 radical (unpaired) electrons. The molecule has 1 heterocycles. The van der Waals surface area contributed by atoms with E-state index in [0.717, 1.165) is 12.1 Å². The maximum absolute atomic E-state index is 12.0. The van der Waals surface area contributed by atoms with Crippen molar-refractivity contribution in [3.63, 3.8) is 0 Å². The average molecular weight is 292 g/mol. The molecule has 1 aromatic heterocycles. The number of amides is 2. The van der Waals surface area contributed by atoms with Gasteiger partial charge in [-0.1, -0.05) is 13.0 Å². The van der Waals surface area contributed by atoms with Gasteiger partial charge < -0.3 is 10.6 Å². The van der Waals surface area contributed by atoms with Crippen molar-refractivity contribution >= 4 is 17.6 Å². The van der Waals surface area contributed by atoms with E-state index in [1.807, 2.05) is 26.0 Å². The van der Waals surface area contributed by atoms with Crippen LogP contribution in [-0.4, -0.2) is 47.9 Å². The smallest absolute Gasteiger partial charge is 0.239 e. The lowest BCUT2D eigenvalue weighted by molar-refractivity contribution is -0.126. The van der Waals surface area contributed by atoms with Crippen molar-refractivity contribution in [3.05, 3.63) is 23.9 Å². The summed E-state index contributed by atoms with van der Waals surface area (Å²) >= 11 is 0. The Labute approximate surface area is 125 Å². The Morgan fingerprint density at radius 2 is 2.10 bits per heavy atom. The molecule has 21 heavy (non-hydrogen) atoms. The molecule has 0 saturated heterocycles. The Kier molecular flexibility index (Phi) is 6.81. The number of nitrogens with zero attached hydrogens (tertiary/aromatic N) is 2. The summed E-state index contributed by atoms with van der Waals surface area (Å²) in [5.41, 5.74) is 0.841. The highest BCUT2D eigenvalue weighted by atomic mass is 16.2. The number of rotatable bonds is 7. The Bertz CT molecular complexity index is 490. The lowest BCUT2D eigenvalue weighted by atomic mass is 10.2. The van der Waals surface area contributed by atoms with Crippen molar-refractivity contribution in [1.29, 1.82) is 0 Å². The molecule has 0 saturated carbocycles. The summed E-state index contributed by atoms with van der Waals surface area (Å²) in [5, 5.41) is 5.55. The Hall–Kier alpha value is -1.95. The van der Waals surface area contributed by atoms with Crippen molar-refractivity contribution in [2.75, 3.05) is 25.5 Å². The van der Waals surface area contributed by atoms with Crippen molar-refractivity contribution in [2.24, 2.45) is 0 Å². The third-order valence-electron chi connectivity index (χ3n) is 3.14. The molecule has 2 N–H and O–H groups in total. The average Bonchev–Trinajstić information content (AvgIpc) is 2.43. The van der Waals surface area contributed by atoms with E-state index in [0.29, 0.717) is 12.4 Å². The van der Waals surface area contributed by atoms with Gasteiger partial charge in [0.05, 0.1) is 12.6 Å². The maximum Gasteiger partial charge on any atom is 0.239 e. The Morgan fingerprint density at radius 1 is 1.38 bits per heavy atom. The minimum atomic E-state index is -0.354. The summed E-state index contributed by atoms with van der Waals surface area (Å²) in [6, 6.07) is 5.08. The van der Waals surface area contributed by atoms with E-state index in [4.69, 9.17) is 0 Å². The van der Waals surface area contributed by atoms with Crippen LogP contribution < -0.4 is 10.6 Å². The first kappa shape index (κ1) is 17.1. The van der Waals surface area contributed by atoms with E-state index < -0.39 is 0 Å². The second-order valence-electron chi connectivity index (χ2n) is 5.09. The number of likely N-dealkylation sites (N-methyl/N-ethyl adjacent to an activating group) is 1. The van der Waals surface area contributed by atoms with Crippen LogP contribution in [0.4, 0.5) is 5.82 Å². The molecule has 6 nitrogen and oxygen atoms in total. The molecular weight excluding hydrogens is 268 g/mol. The van der Waals surface area contributed by atoms with E-state index in [9.17, 15) is 9.59 Å². The lowest BCUT2D eigenvalue weighted by Crippen LogP contribution is -2.46. The normalized spacial score (nSPS) is 12.0. The second-order valence-corrected chi connectivity index (χ2v) is 5.09. The number of nitrogens with one attached hydrogen (secondary N) is 2. The minimum Gasteiger partial charge on any atom is -0.355 e.